The van der Waals surface area contributed by atoms with Gasteiger partial charge >= 0.3 is 0 Å². The van der Waals surface area contributed by atoms with Crippen molar-refractivity contribution >= 4 is 23.4 Å². The molecular formula is C21H23ClN4O4. The molecule has 3 heterocycles. The predicted octanol–water partition coefficient (Wildman–Crippen LogP) is 2.64. The lowest BCUT2D eigenvalue weighted by atomic mass is 9.99. The zero-order chi connectivity index (χ0) is 21.8. The highest BCUT2D eigenvalue weighted by molar-refractivity contribution is 6.29. The number of methoxy groups -OCH3 is 1. The molecule has 1 aliphatic rings. The fourth-order valence-corrected chi connectivity index (χ4v) is 3.68. The summed E-state index contributed by atoms with van der Waals surface area (Å²) >= 11 is 6.32. The average molecular weight is 431 g/mol. The van der Waals surface area contributed by atoms with Gasteiger partial charge in [-0.2, -0.15) is 0 Å². The van der Waals surface area contributed by atoms with Gasteiger partial charge in [0.1, 0.15) is 22.7 Å². The Balaban J connectivity index is 2.05. The van der Waals surface area contributed by atoms with Crippen LogP contribution in [0.3, 0.4) is 0 Å². The first kappa shape index (κ1) is 21.7. The Bertz CT molecular complexity index is 981. The molecule has 0 radical (unpaired) electrons. The molecule has 0 saturated carbocycles. The van der Waals surface area contributed by atoms with Crippen molar-refractivity contribution in [3.05, 3.63) is 53.5 Å². The summed E-state index contributed by atoms with van der Waals surface area (Å²) in [5, 5.41) is 2.80. The van der Waals surface area contributed by atoms with Gasteiger partial charge in [0.05, 0.1) is 31.6 Å². The molecule has 2 aromatic rings. The number of carbonyl (C=O) groups is 2. The van der Waals surface area contributed by atoms with Gasteiger partial charge in [0.15, 0.2) is 0 Å². The number of ether oxygens (including phenoxy) is 2. The molecule has 3 rings (SSSR count). The lowest BCUT2D eigenvalue weighted by Gasteiger charge is -2.39. The number of carbonyl (C=O) groups excluding carboxylic acids is 2. The van der Waals surface area contributed by atoms with Crippen molar-refractivity contribution in [2.24, 2.45) is 0 Å². The average Bonchev–Trinajstić information content (AvgIpc) is 2.77. The van der Waals surface area contributed by atoms with E-state index in [-0.39, 0.29) is 28.7 Å². The van der Waals surface area contributed by atoms with Gasteiger partial charge in [-0.15, -0.1) is 0 Å². The largest absolute Gasteiger partial charge is 0.494 e. The van der Waals surface area contributed by atoms with Crippen LogP contribution in [-0.2, 0) is 9.53 Å². The molecule has 9 heteroatoms. The standard InChI is InChI=1S/C21H23ClN4O4/c1-5-19(27)26-6-7-30-20(12(26)2)13-8-15(25-18(22)9-13)14-10-16(21(28)23-3)24-11-17(14)29-4/h5,8-12,20H,1,6-7H2,2-4H3,(H,23,28)/t12-,20?/m1/s1. The van der Waals surface area contributed by atoms with Crippen molar-refractivity contribution in [3.8, 4) is 17.0 Å². The second-order valence-electron chi connectivity index (χ2n) is 6.73. The molecule has 0 aliphatic carbocycles. The van der Waals surface area contributed by atoms with E-state index in [1.807, 2.05) is 13.0 Å². The summed E-state index contributed by atoms with van der Waals surface area (Å²) in [6, 6.07) is 4.90. The summed E-state index contributed by atoms with van der Waals surface area (Å²) in [6.07, 6.45) is 2.37. The second-order valence-corrected chi connectivity index (χ2v) is 7.11. The maximum absolute atomic E-state index is 12.2. The van der Waals surface area contributed by atoms with Crippen molar-refractivity contribution < 1.29 is 19.1 Å². The Morgan fingerprint density at radius 2 is 2.17 bits per heavy atom. The minimum absolute atomic E-state index is 0.151. The quantitative estimate of drug-likeness (QED) is 0.579. The molecule has 1 saturated heterocycles. The van der Waals surface area contributed by atoms with Crippen LogP contribution in [0, 0.1) is 0 Å². The second kappa shape index (κ2) is 9.23. The molecule has 1 fully saturated rings. The highest BCUT2D eigenvalue weighted by Crippen LogP contribution is 2.35. The Kier molecular flexibility index (Phi) is 6.69. The zero-order valence-electron chi connectivity index (χ0n) is 17.0. The first-order valence-corrected chi connectivity index (χ1v) is 9.76. The van der Waals surface area contributed by atoms with Crippen molar-refractivity contribution in [2.75, 3.05) is 27.3 Å². The van der Waals surface area contributed by atoms with Crippen LogP contribution in [0.4, 0.5) is 0 Å². The Morgan fingerprint density at radius 3 is 2.83 bits per heavy atom. The van der Waals surface area contributed by atoms with E-state index < -0.39 is 6.10 Å². The first-order chi connectivity index (χ1) is 14.4. The van der Waals surface area contributed by atoms with Gasteiger partial charge in [-0.25, -0.2) is 9.97 Å². The van der Waals surface area contributed by atoms with Crippen molar-refractivity contribution in [2.45, 2.75) is 19.1 Å². The minimum Gasteiger partial charge on any atom is -0.494 e. The summed E-state index contributed by atoms with van der Waals surface area (Å²) in [6.45, 7) is 6.36. The number of amides is 2. The molecule has 2 aromatic heterocycles. The van der Waals surface area contributed by atoms with Crippen LogP contribution < -0.4 is 10.1 Å². The number of rotatable bonds is 5. The van der Waals surface area contributed by atoms with E-state index in [2.05, 4.69) is 21.9 Å². The topological polar surface area (TPSA) is 93.7 Å². The van der Waals surface area contributed by atoms with E-state index >= 15 is 0 Å². The van der Waals surface area contributed by atoms with Gasteiger partial charge in [0.25, 0.3) is 5.91 Å². The summed E-state index contributed by atoms with van der Waals surface area (Å²) in [4.78, 5) is 34.4. The summed E-state index contributed by atoms with van der Waals surface area (Å²) < 4.78 is 11.4. The van der Waals surface area contributed by atoms with Crippen LogP contribution in [0.2, 0.25) is 5.15 Å². The molecule has 0 spiro atoms. The number of nitrogens with zero attached hydrogens (tertiary/aromatic N) is 3. The molecule has 0 aromatic carbocycles. The van der Waals surface area contributed by atoms with Crippen LogP contribution in [-0.4, -0.2) is 60.0 Å². The number of morpholine rings is 1. The third-order valence-corrected chi connectivity index (χ3v) is 5.18. The fraction of sp³-hybridized carbons (Fsp3) is 0.333. The van der Waals surface area contributed by atoms with E-state index in [1.54, 1.807) is 17.0 Å². The van der Waals surface area contributed by atoms with Gasteiger partial charge in [-0.1, -0.05) is 18.2 Å². The van der Waals surface area contributed by atoms with Crippen molar-refractivity contribution in [1.82, 2.24) is 20.2 Å². The monoisotopic (exact) mass is 430 g/mol. The number of pyridine rings is 2. The molecule has 2 atom stereocenters. The van der Waals surface area contributed by atoms with E-state index in [9.17, 15) is 9.59 Å². The van der Waals surface area contributed by atoms with Crippen LogP contribution in [0.5, 0.6) is 5.75 Å². The maximum atomic E-state index is 12.2. The lowest BCUT2D eigenvalue weighted by Crippen LogP contribution is -2.48. The number of halogens is 1. The van der Waals surface area contributed by atoms with Gasteiger partial charge in [-0.05, 0) is 36.8 Å². The smallest absolute Gasteiger partial charge is 0.269 e. The highest BCUT2D eigenvalue weighted by Gasteiger charge is 2.32. The zero-order valence-corrected chi connectivity index (χ0v) is 17.8. The lowest BCUT2D eigenvalue weighted by molar-refractivity contribution is -0.140. The Labute approximate surface area is 179 Å². The highest BCUT2D eigenvalue weighted by atomic mass is 35.5. The molecule has 158 valence electrons. The normalized spacial score (nSPS) is 18.6. The SMILES string of the molecule is C=CC(=O)N1CCOC(c2cc(Cl)nc(-c3cc(C(=O)NC)ncc3OC)c2)[C@H]1C. The first-order valence-electron chi connectivity index (χ1n) is 9.38. The molecule has 1 aliphatic heterocycles. The summed E-state index contributed by atoms with van der Waals surface area (Å²) in [5.41, 5.74) is 2.06. The Hall–Kier alpha value is -2.97. The Morgan fingerprint density at radius 1 is 1.40 bits per heavy atom. The predicted molar refractivity (Wildman–Crippen MR) is 112 cm³/mol. The van der Waals surface area contributed by atoms with E-state index in [0.29, 0.717) is 30.2 Å². The van der Waals surface area contributed by atoms with Gasteiger partial charge in [0, 0.05) is 19.2 Å². The molecule has 1 unspecified atom stereocenters. The minimum atomic E-state index is -0.395. The van der Waals surface area contributed by atoms with Crippen LogP contribution >= 0.6 is 11.6 Å². The number of nitrogens with one attached hydrogen (secondary N) is 1. The van der Waals surface area contributed by atoms with Gasteiger partial charge < -0.3 is 19.7 Å². The summed E-state index contributed by atoms with van der Waals surface area (Å²) in [5.74, 6) is -0.0318. The molecule has 30 heavy (non-hydrogen) atoms. The van der Waals surface area contributed by atoms with Crippen molar-refractivity contribution in [1.29, 1.82) is 0 Å². The number of hydrogen-bond acceptors (Lipinski definition) is 6. The number of aromatic nitrogens is 2. The third kappa shape index (κ3) is 4.29. The van der Waals surface area contributed by atoms with Crippen LogP contribution in [0.15, 0.2) is 37.1 Å². The fourth-order valence-electron chi connectivity index (χ4n) is 3.46. The number of hydrogen-bond donors (Lipinski definition) is 1. The molecular weight excluding hydrogens is 408 g/mol. The van der Waals surface area contributed by atoms with E-state index in [0.717, 1.165) is 5.56 Å². The molecule has 1 N–H and O–H groups in total. The van der Waals surface area contributed by atoms with Gasteiger partial charge in [-0.3, -0.25) is 9.59 Å². The molecule has 8 nitrogen and oxygen atoms in total. The van der Waals surface area contributed by atoms with Crippen molar-refractivity contribution in [3.63, 3.8) is 0 Å². The van der Waals surface area contributed by atoms with E-state index in [1.165, 1.54) is 26.4 Å². The maximum Gasteiger partial charge on any atom is 0.269 e. The van der Waals surface area contributed by atoms with E-state index in [4.69, 9.17) is 21.1 Å². The summed E-state index contributed by atoms with van der Waals surface area (Å²) in [7, 11) is 3.04. The van der Waals surface area contributed by atoms with Crippen LogP contribution in [0.1, 0.15) is 29.1 Å². The molecule has 2 amide bonds. The molecule has 0 bridgehead atoms. The van der Waals surface area contributed by atoms with Gasteiger partial charge in [0.2, 0.25) is 5.91 Å². The van der Waals surface area contributed by atoms with Crippen LogP contribution in [0.25, 0.3) is 11.3 Å². The third-order valence-electron chi connectivity index (χ3n) is 4.98.